The molecule has 0 amide bonds. The van der Waals surface area contributed by atoms with Gasteiger partial charge in [-0.15, -0.1) is 0 Å². The predicted octanol–water partition coefficient (Wildman–Crippen LogP) is 6.03. The molecule has 2 heterocycles. The molecule has 0 bridgehead atoms. The quantitative estimate of drug-likeness (QED) is 0.207. The van der Waals surface area contributed by atoms with Gasteiger partial charge in [-0.3, -0.25) is 14.4 Å². The number of carbonyl (C=O) groups excluding carboxylic acids is 3. The van der Waals surface area contributed by atoms with Gasteiger partial charge in [-0.1, -0.05) is 66.7 Å². The third-order valence-electron chi connectivity index (χ3n) is 9.12. The third kappa shape index (κ3) is 3.57. The van der Waals surface area contributed by atoms with Crippen LogP contribution in [0, 0.1) is 5.41 Å². The highest BCUT2D eigenvalue weighted by Crippen LogP contribution is 2.62. The van der Waals surface area contributed by atoms with Crippen molar-refractivity contribution in [2.24, 2.45) is 5.41 Å². The molecule has 1 saturated heterocycles. The van der Waals surface area contributed by atoms with Crippen LogP contribution in [-0.2, 0) is 0 Å². The summed E-state index contributed by atoms with van der Waals surface area (Å²) in [6, 6.07) is 25.3. The molecule has 4 aromatic carbocycles. The van der Waals surface area contributed by atoms with Crippen molar-refractivity contribution in [1.82, 2.24) is 0 Å². The highest BCUT2D eigenvalue weighted by atomic mass is 16.5. The van der Waals surface area contributed by atoms with Crippen LogP contribution in [0.5, 0.6) is 17.2 Å². The molecule has 0 saturated carbocycles. The molecule has 3 atom stereocenters. The van der Waals surface area contributed by atoms with Crippen molar-refractivity contribution in [1.29, 1.82) is 0 Å². The van der Waals surface area contributed by atoms with Crippen LogP contribution in [0.4, 0.5) is 5.69 Å². The van der Waals surface area contributed by atoms with Crippen molar-refractivity contribution in [2.45, 2.75) is 18.0 Å². The van der Waals surface area contributed by atoms with E-state index in [9.17, 15) is 14.4 Å². The first-order chi connectivity index (χ1) is 21.0. The lowest BCUT2D eigenvalue weighted by Crippen LogP contribution is -2.48. The van der Waals surface area contributed by atoms with Gasteiger partial charge < -0.3 is 19.1 Å². The van der Waals surface area contributed by atoms with Crippen molar-refractivity contribution < 1.29 is 28.6 Å². The molecule has 3 aliphatic rings. The Hall–Kier alpha value is -5.17. The van der Waals surface area contributed by atoms with E-state index in [0.29, 0.717) is 39.5 Å². The minimum Gasteiger partial charge on any atom is -0.497 e. The molecule has 43 heavy (non-hydrogen) atoms. The summed E-state index contributed by atoms with van der Waals surface area (Å²) < 4.78 is 16.9. The van der Waals surface area contributed by atoms with Gasteiger partial charge in [0.25, 0.3) is 0 Å². The van der Waals surface area contributed by atoms with E-state index >= 15 is 0 Å². The van der Waals surface area contributed by atoms with Gasteiger partial charge in [-0.2, -0.15) is 0 Å². The number of ketones is 3. The van der Waals surface area contributed by atoms with Crippen molar-refractivity contribution in [3.8, 4) is 17.2 Å². The molecule has 1 fully saturated rings. The lowest BCUT2D eigenvalue weighted by atomic mass is 9.64. The van der Waals surface area contributed by atoms with Crippen LogP contribution in [0.15, 0.2) is 97.1 Å². The SMILES string of the molecule is COc1ccc(C(=O)C2C(c3cccc(OC)c3OC)C3(C(=O)c4ccccc4C3=O)C3C=Cc4ccccc4N23)cc1. The van der Waals surface area contributed by atoms with E-state index < -0.39 is 23.4 Å². The molecule has 1 aliphatic carbocycles. The highest BCUT2D eigenvalue weighted by molar-refractivity contribution is 6.32. The van der Waals surface area contributed by atoms with Crippen molar-refractivity contribution >= 4 is 29.1 Å². The normalized spacial score (nSPS) is 20.9. The van der Waals surface area contributed by atoms with Crippen LogP contribution in [0.25, 0.3) is 6.08 Å². The van der Waals surface area contributed by atoms with E-state index in [-0.39, 0.29) is 17.3 Å². The Kier molecular flexibility index (Phi) is 6.20. The monoisotopic (exact) mass is 571 g/mol. The average molecular weight is 572 g/mol. The van der Waals surface area contributed by atoms with Gasteiger partial charge in [0, 0.05) is 33.9 Å². The van der Waals surface area contributed by atoms with Gasteiger partial charge in [0.1, 0.15) is 17.2 Å². The minimum atomic E-state index is -1.64. The largest absolute Gasteiger partial charge is 0.497 e. The zero-order valence-corrected chi connectivity index (χ0v) is 23.9. The Morgan fingerprint density at radius 3 is 2.07 bits per heavy atom. The summed E-state index contributed by atoms with van der Waals surface area (Å²) in [4.78, 5) is 46.5. The number of rotatable bonds is 6. The maximum absolute atomic E-state index is 14.9. The molecule has 2 aliphatic heterocycles. The number of carbonyl (C=O) groups is 3. The zero-order valence-electron chi connectivity index (χ0n) is 23.9. The number of ether oxygens (including phenoxy) is 3. The Morgan fingerprint density at radius 2 is 1.42 bits per heavy atom. The minimum absolute atomic E-state index is 0.221. The fourth-order valence-corrected chi connectivity index (χ4v) is 7.34. The summed E-state index contributed by atoms with van der Waals surface area (Å²) in [6.07, 6.45) is 3.85. The number of methoxy groups -OCH3 is 3. The number of para-hydroxylation sites is 2. The van der Waals surface area contributed by atoms with E-state index in [2.05, 4.69) is 0 Å². The Morgan fingerprint density at radius 1 is 0.744 bits per heavy atom. The predicted molar refractivity (Wildman–Crippen MR) is 163 cm³/mol. The number of Topliss-reactive ketones (excluding diaryl/α,β-unsaturated/α-hetero) is 3. The van der Waals surface area contributed by atoms with E-state index in [0.717, 1.165) is 11.3 Å². The molecule has 0 N–H and O–H groups in total. The van der Waals surface area contributed by atoms with Crippen molar-refractivity contribution in [3.05, 3.63) is 125 Å². The lowest BCUT2D eigenvalue weighted by molar-refractivity contribution is 0.0664. The summed E-state index contributed by atoms with van der Waals surface area (Å²) in [5.41, 5.74) is 1.77. The van der Waals surface area contributed by atoms with Crippen LogP contribution < -0.4 is 19.1 Å². The van der Waals surface area contributed by atoms with Gasteiger partial charge in [0.15, 0.2) is 28.8 Å². The van der Waals surface area contributed by atoms with E-state index in [1.54, 1.807) is 67.8 Å². The number of hydrogen-bond donors (Lipinski definition) is 0. The molecule has 214 valence electrons. The van der Waals surface area contributed by atoms with Gasteiger partial charge >= 0.3 is 0 Å². The smallest absolute Gasteiger partial charge is 0.185 e. The number of nitrogens with zero attached hydrogens (tertiary/aromatic N) is 1. The first-order valence-corrected chi connectivity index (χ1v) is 14.1. The molecule has 1 spiro atoms. The molecule has 7 rings (SSSR count). The van der Waals surface area contributed by atoms with Crippen LogP contribution in [0.1, 0.15) is 48.1 Å². The van der Waals surface area contributed by atoms with Gasteiger partial charge in [0.05, 0.1) is 27.4 Å². The van der Waals surface area contributed by atoms with Crippen molar-refractivity contribution in [3.63, 3.8) is 0 Å². The van der Waals surface area contributed by atoms with Crippen LogP contribution in [-0.4, -0.2) is 50.8 Å². The molecule has 7 nitrogen and oxygen atoms in total. The maximum atomic E-state index is 14.9. The number of anilines is 1. The number of fused-ring (bicyclic) bond motifs is 5. The van der Waals surface area contributed by atoms with E-state index in [1.807, 2.05) is 47.4 Å². The van der Waals surface area contributed by atoms with Gasteiger partial charge in [-0.25, -0.2) is 0 Å². The molecular weight excluding hydrogens is 542 g/mol. The Balaban J connectivity index is 1.56. The van der Waals surface area contributed by atoms with E-state index in [1.165, 1.54) is 14.2 Å². The average Bonchev–Trinajstić information content (AvgIpc) is 3.49. The van der Waals surface area contributed by atoms with Gasteiger partial charge in [0.2, 0.25) is 0 Å². The summed E-state index contributed by atoms with van der Waals surface area (Å²) in [5, 5.41) is 0. The summed E-state index contributed by atoms with van der Waals surface area (Å²) in [6.45, 7) is 0. The Labute approximate surface area is 249 Å². The second kappa shape index (κ2) is 9.98. The molecule has 4 aromatic rings. The molecule has 0 radical (unpaired) electrons. The molecular formula is C36H29NO6. The summed E-state index contributed by atoms with van der Waals surface area (Å²) in [5.74, 6) is -0.288. The summed E-state index contributed by atoms with van der Waals surface area (Å²) >= 11 is 0. The third-order valence-corrected chi connectivity index (χ3v) is 9.12. The number of hydrogen-bond acceptors (Lipinski definition) is 7. The topological polar surface area (TPSA) is 82.1 Å². The zero-order chi connectivity index (χ0) is 29.9. The Bertz CT molecular complexity index is 1790. The van der Waals surface area contributed by atoms with Crippen LogP contribution in [0.2, 0.25) is 0 Å². The summed E-state index contributed by atoms with van der Waals surface area (Å²) in [7, 11) is 4.63. The van der Waals surface area contributed by atoms with Gasteiger partial charge in [-0.05, 0) is 42.0 Å². The fourth-order valence-electron chi connectivity index (χ4n) is 7.34. The first kappa shape index (κ1) is 26.7. The fraction of sp³-hybridized carbons (Fsp3) is 0.194. The number of benzene rings is 4. The highest BCUT2D eigenvalue weighted by Gasteiger charge is 2.72. The lowest BCUT2D eigenvalue weighted by Gasteiger charge is -2.37. The second-order valence-electron chi connectivity index (χ2n) is 10.9. The van der Waals surface area contributed by atoms with Crippen LogP contribution in [0.3, 0.4) is 0 Å². The first-order valence-electron chi connectivity index (χ1n) is 14.1. The second-order valence-corrected chi connectivity index (χ2v) is 10.9. The van der Waals surface area contributed by atoms with Crippen molar-refractivity contribution in [2.75, 3.05) is 26.2 Å². The molecule has 3 unspecified atom stereocenters. The van der Waals surface area contributed by atoms with E-state index in [4.69, 9.17) is 14.2 Å². The molecule has 0 aromatic heterocycles. The maximum Gasteiger partial charge on any atom is 0.185 e. The standard InChI is InChI=1S/C36H29NO6/c1-41-23-18-15-22(16-19-23)32(38)31-30(26-12-8-14-28(42-2)33(26)43-3)36(34(39)24-10-5-6-11-25(24)35(36)40)29-20-17-21-9-4-7-13-27(21)37(29)31/h4-20,29-31H,1-3H3. The van der Waals surface area contributed by atoms with Crippen LogP contribution >= 0.6 is 0 Å². The molecule has 7 heteroatoms.